The van der Waals surface area contributed by atoms with Gasteiger partial charge in [-0.2, -0.15) is 0 Å². The lowest BCUT2D eigenvalue weighted by Crippen LogP contribution is -1.99. The summed E-state index contributed by atoms with van der Waals surface area (Å²) in [6, 6.07) is 0. The molecule has 0 spiro atoms. The molecular weight excluding hydrogens is 193 g/mol. The van der Waals surface area contributed by atoms with Crippen LogP contribution in [0.2, 0.25) is 0 Å². The van der Waals surface area contributed by atoms with Gasteiger partial charge in [0, 0.05) is 11.8 Å². The van der Waals surface area contributed by atoms with Crippen LogP contribution in [0.25, 0.3) is 6.08 Å². The zero-order valence-corrected chi connectivity index (χ0v) is 8.92. The molecule has 0 unspecified atom stereocenters. The Bertz CT molecular complexity index is 410. The number of hydrogen-bond donors (Lipinski definition) is 1. The van der Waals surface area contributed by atoms with Crippen LogP contribution in [0.1, 0.15) is 24.0 Å². The summed E-state index contributed by atoms with van der Waals surface area (Å²) in [6.45, 7) is 7.07. The van der Waals surface area contributed by atoms with Gasteiger partial charge < -0.3 is 5.73 Å². The highest BCUT2D eigenvalue weighted by Gasteiger charge is 2.04. The van der Waals surface area contributed by atoms with Crippen molar-refractivity contribution in [2.45, 2.75) is 20.3 Å². The van der Waals surface area contributed by atoms with Crippen LogP contribution in [0.3, 0.4) is 0 Å². The highest BCUT2D eigenvalue weighted by molar-refractivity contribution is 5.56. The standard InChI is InChI=1S/C11H14FN3/c1-4-11-9(5-10(12)7(2)13)6-14-8(3)15-11/h5-6H,2,4,13H2,1,3H3/b10-5+. The van der Waals surface area contributed by atoms with Gasteiger partial charge in [-0.3, -0.25) is 0 Å². The predicted octanol–water partition coefficient (Wildman–Crippen LogP) is 2.13. The summed E-state index contributed by atoms with van der Waals surface area (Å²) in [4.78, 5) is 8.22. The van der Waals surface area contributed by atoms with Gasteiger partial charge in [0.25, 0.3) is 0 Å². The Hall–Kier alpha value is -1.71. The molecule has 1 aromatic heterocycles. The molecule has 0 saturated carbocycles. The van der Waals surface area contributed by atoms with Crippen LogP contribution in [0, 0.1) is 6.92 Å². The van der Waals surface area contributed by atoms with Crippen LogP contribution >= 0.6 is 0 Å². The number of halogens is 1. The highest BCUT2D eigenvalue weighted by Crippen LogP contribution is 2.14. The smallest absolute Gasteiger partial charge is 0.146 e. The summed E-state index contributed by atoms with van der Waals surface area (Å²) >= 11 is 0. The number of rotatable bonds is 3. The van der Waals surface area contributed by atoms with Crippen molar-refractivity contribution < 1.29 is 4.39 Å². The van der Waals surface area contributed by atoms with E-state index in [0.29, 0.717) is 11.4 Å². The van der Waals surface area contributed by atoms with Gasteiger partial charge in [0.1, 0.15) is 11.7 Å². The molecule has 1 rings (SSSR count). The number of nitrogens with zero attached hydrogens (tertiary/aromatic N) is 2. The lowest BCUT2D eigenvalue weighted by Gasteiger charge is -2.03. The quantitative estimate of drug-likeness (QED) is 0.772. The van der Waals surface area contributed by atoms with Crippen LogP contribution < -0.4 is 5.73 Å². The molecule has 0 amide bonds. The maximum Gasteiger partial charge on any atom is 0.146 e. The van der Waals surface area contributed by atoms with E-state index >= 15 is 0 Å². The van der Waals surface area contributed by atoms with Crippen molar-refractivity contribution in [3.8, 4) is 0 Å². The van der Waals surface area contributed by atoms with E-state index in [4.69, 9.17) is 5.73 Å². The van der Waals surface area contributed by atoms with E-state index in [1.165, 1.54) is 6.08 Å². The Morgan fingerprint density at radius 2 is 2.33 bits per heavy atom. The van der Waals surface area contributed by atoms with E-state index in [1.807, 2.05) is 6.92 Å². The highest BCUT2D eigenvalue weighted by atomic mass is 19.1. The molecule has 0 aliphatic rings. The van der Waals surface area contributed by atoms with Crippen molar-refractivity contribution in [1.82, 2.24) is 9.97 Å². The second-order valence-electron chi connectivity index (χ2n) is 3.19. The van der Waals surface area contributed by atoms with Gasteiger partial charge in [-0.05, 0) is 19.4 Å². The van der Waals surface area contributed by atoms with E-state index < -0.39 is 5.83 Å². The van der Waals surface area contributed by atoms with Crippen LogP contribution in [-0.2, 0) is 6.42 Å². The van der Waals surface area contributed by atoms with Crippen molar-refractivity contribution in [3.05, 3.63) is 41.4 Å². The van der Waals surface area contributed by atoms with Crippen LogP contribution in [0.15, 0.2) is 24.3 Å². The third-order valence-electron chi connectivity index (χ3n) is 1.94. The van der Waals surface area contributed by atoms with Crippen molar-refractivity contribution in [2.75, 3.05) is 0 Å². The van der Waals surface area contributed by atoms with Crippen molar-refractivity contribution in [1.29, 1.82) is 0 Å². The van der Waals surface area contributed by atoms with Gasteiger partial charge in [0.05, 0.1) is 11.4 Å². The molecule has 2 N–H and O–H groups in total. The average molecular weight is 207 g/mol. The number of aromatic nitrogens is 2. The van der Waals surface area contributed by atoms with Gasteiger partial charge in [0.2, 0.25) is 0 Å². The minimum atomic E-state index is -0.544. The SMILES string of the molecule is C=C(N)/C(F)=C\c1cnc(C)nc1CC. The van der Waals surface area contributed by atoms with Gasteiger partial charge >= 0.3 is 0 Å². The van der Waals surface area contributed by atoms with E-state index in [-0.39, 0.29) is 5.70 Å². The third-order valence-corrected chi connectivity index (χ3v) is 1.94. The topological polar surface area (TPSA) is 51.8 Å². The zero-order valence-electron chi connectivity index (χ0n) is 8.92. The first-order valence-corrected chi connectivity index (χ1v) is 4.69. The van der Waals surface area contributed by atoms with Crippen LogP contribution in [0.4, 0.5) is 4.39 Å². The molecule has 4 heteroatoms. The summed E-state index contributed by atoms with van der Waals surface area (Å²) in [5, 5.41) is 0. The number of aryl methyl sites for hydroxylation is 2. The van der Waals surface area contributed by atoms with Gasteiger partial charge in [-0.15, -0.1) is 0 Å². The predicted molar refractivity (Wildman–Crippen MR) is 58.6 cm³/mol. The summed E-state index contributed by atoms with van der Waals surface area (Å²) < 4.78 is 13.2. The second-order valence-corrected chi connectivity index (χ2v) is 3.19. The molecule has 0 atom stereocenters. The fourth-order valence-electron chi connectivity index (χ4n) is 1.16. The molecule has 1 aromatic rings. The fourth-order valence-corrected chi connectivity index (χ4v) is 1.16. The molecular formula is C11H14FN3. The molecule has 3 nitrogen and oxygen atoms in total. The molecule has 0 aromatic carbocycles. The van der Waals surface area contributed by atoms with E-state index in [1.54, 1.807) is 13.1 Å². The Morgan fingerprint density at radius 3 is 2.87 bits per heavy atom. The Labute approximate surface area is 88.6 Å². The van der Waals surface area contributed by atoms with Gasteiger partial charge in [0.15, 0.2) is 0 Å². The van der Waals surface area contributed by atoms with E-state index in [9.17, 15) is 4.39 Å². The van der Waals surface area contributed by atoms with Crippen LogP contribution in [-0.4, -0.2) is 9.97 Å². The maximum atomic E-state index is 13.2. The minimum Gasteiger partial charge on any atom is -0.397 e. The van der Waals surface area contributed by atoms with Crippen LogP contribution in [0.5, 0.6) is 0 Å². The van der Waals surface area contributed by atoms with Gasteiger partial charge in [-0.25, -0.2) is 14.4 Å². The van der Waals surface area contributed by atoms with Crippen molar-refractivity contribution in [2.24, 2.45) is 5.73 Å². The Kier molecular flexibility index (Phi) is 3.55. The van der Waals surface area contributed by atoms with E-state index in [0.717, 1.165) is 12.1 Å². The largest absolute Gasteiger partial charge is 0.397 e. The molecule has 0 bridgehead atoms. The lowest BCUT2D eigenvalue weighted by atomic mass is 10.1. The van der Waals surface area contributed by atoms with Crippen molar-refractivity contribution >= 4 is 6.08 Å². The summed E-state index contributed by atoms with van der Waals surface area (Å²) in [5.74, 6) is 0.133. The molecule has 1 heterocycles. The third kappa shape index (κ3) is 2.87. The average Bonchev–Trinajstić information content (AvgIpc) is 2.20. The normalized spacial score (nSPS) is 11.5. The first kappa shape index (κ1) is 11.4. The molecule has 80 valence electrons. The summed E-state index contributed by atoms with van der Waals surface area (Å²) in [7, 11) is 0. The number of hydrogen-bond acceptors (Lipinski definition) is 3. The molecule has 0 radical (unpaired) electrons. The summed E-state index contributed by atoms with van der Waals surface area (Å²) in [5.41, 5.74) is 6.59. The zero-order chi connectivity index (χ0) is 11.4. The Morgan fingerprint density at radius 1 is 1.67 bits per heavy atom. The first-order valence-electron chi connectivity index (χ1n) is 4.69. The molecule has 0 aliphatic carbocycles. The maximum absolute atomic E-state index is 13.2. The molecule has 0 saturated heterocycles. The molecule has 0 fully saturated rings. The van der Waals surface area contributed by atoms with Gasteiger partial charge in [-0.1, -0.05) is 13.5 Å². The second kappa shape index (κ2) is 4.68. The number of allylic oxidation sites excluding steroid dienone is 1. The Balaban J connectivity index is 3.15. The monoisotopic (exact) mass is 207 g/mol. The summed E-state index contributed by atoms with van der Waals surface area (Å²) in [6.07, 6.45) is 3.61. The first-order chi connectivity index (χ1) is 7.04. The number of nitrogens with two attached hydrogens (primary N) is 1. The molecule has 15 heavy (non-hydrogen) atoms. The van der Waals surface area contributed by atoms with Crippen molar-refractivity contribution in [3.63, 3.8) is 0 Å². The molecule has 0 aliphatic heterocycles. The fraction of sp³-hybridized carbons (Fsp3) is 0.273. The minimum absolute atomic E-state index is 0.0855. The van der Waals surface area contributed by atoms with E-state index in [2.05, 4.69) is 16.5 Å². The lowest BCUT2D eigenvalue weighted by molar-refractivity contribution is 0.656.